The molecule has 0 amide bonds. The zero-order valence-electron chi connectivity index (χ0n) is 34.2. The van der Waals surface area contributed by atoms with Crippen LogP contribution in [-0.4, -0.2) is 73.4 Å². The summed E-state index contributed by atoms with van der Waals surface area (Å²) in [4.78, 5) is 23.3. The number of nitrogens with zero attached hydrogens (tertiary/aromatic N) is 1. The summed E-state index contributed by atoms with van der Waals surface area (Å²) in [5.74, 6) is -2.22. The predicted octanol–water partition coefficient (Wildman–Crippen LogP) is 8.04. The normalized spacial score (nSPS) is 20.0. The van der Waals surface area contributed by atoms with Crippen molar-refractivity contribution in [2.45, 2.75) is 131 Å². The number of allylic oxidation sites excluding steroid dienone is 8. The molecule has 4 N–H and O–H groups in total. The maximum absolute atomic E-state index is 12.2. The van der Waals surface area contributed by atoms with Crippen molar-refractivity contribution in [3.05, 3.63) is 101 Å². The first-order chi connectivity index (χ1) is 27.9. The lowest BCUT2D eigenvalue weighted by Crippen LogP contribution is -2.30. The van der Waals surface area contributed by atoms with Crippen LogP contribution < -0.4 is 4.90 Å². The molecule has 2 aromatic rings. The fourth-order valence-corrected chi connectivity index (χ4v) is 9.87. The minimum atomic E-state index is -4.73. The molecule has 60 heavy (non-hydrogen) atoms. The highest BCUT2D eigenvalue weighted by atomic mass is 32.2. The second-order valence-corrected chi connectivity index (χ2v) is 20.7. The van der Waals surface area contributed by atoms with Gasteiger partial charge in [-0.25, -0.2) is 8.42 Å². The van der Waals surface area contributed by atoms with E-state index in [1.54, 1.807) is 24.3 Å². The quantitative estimate of drug-likeness (QED) is 0.0497. The van der Waals surface area contributed by atoms with E-state index < -0.39 is 58.9 Å². The topological polar surface area (TPSA) is 244 Å². The fraction of sp³-hybridized carbons (Fsp3) is 0.488. The lowest BCUT2D eigenvalue weighted by Gasteiger charge is -2.30. The Morgan fingerprint density at radius 2 is 1.40 bits per heavy atom. The van der Waals surface area contributed by atoms with E-state index >= 15 is 0 Å². The van der Waals surface area contributed by atoms with Crippen LogP contribution in [0.15, 0.2) is 93.9 Å². The van der Waals surface area contributed by atoms with Crippen LogP contribution in [0.5, 0.6) is 0 Å². The molecule has 1 aliphatic carbocycles. The molecular weight excluding hydrogens is 835 g/mol. The molecule has 0 bridgehead atoms. The van der Waals surface area contributed by atoms with Crippen LogP contribution in [-0.2, 0) is 50.8 Å². The summed E-state index contributed by atoms with van der Waals surface area (Å²) >= 11 is 0. The molecule has 330 valence electrons. The number of rotatable bonds is 22. The average molecular weight is 891 g/mol. The SMILES string of the molecule is CC1(C)C(/C=C/C=C/C=C2\N(CCCS(=O)(=O)O)c3ccc(S(=O)(=O)O)cc3C2(C)CCCCCC(=O)O)=CCC(CCCCCCC(=O)O)c2ccc(S(=O)(=O)[O-])cc21. The van der Waals surface area contributed by atoms with E-state index in [1.807, 2.05) is 43.9 Å². The molecule has 17 heteroatoms. The van der Waals surface area contributed by atoms with Crippen molar-refractivity contribution >= 4 is 48.0 Å². The van der Waals surface area contributed by atoms with Crippen LogP contribution in [0, 0.1) is 0 Å². The van der Waals surface area contributed by atoms with Crippen molar-refractivity contribution in [1.29, 1.82) is 0 Å². The van der Waals surface area contributed by atoms with Gasteiger partial charge in [0.15, 0.2) is 0 Å². The van der Waals surface area contributed by atoms with E-state index in [2.05, 4.69) is 6.08 Å². The standard InChI is InChI=1S/C43H57NO13S3/c1-42(2)32(21-20-31(15-8-4-5-11-18-40(45)46)35-24-22-33(29-36(35)42)59(52,53)54)16-9-6-10-17-39-43(3,26-13-7-12-19-41(47)48)37-30-34(60(55,56)57)23-25-38(37)44(39)27-14-28-58(49,50)51/h6,9-10,16-17,21-25,29-31H,4-5,7-8,11-15,18-20,26-28H2,1-3H3,(H,45,46)(H,47,48)(H,49,50,51)(H,52,53,54)(H,55,56,57)/p-1/b10-6+,16-9+,39-17-. The molecule has 0 saturated heterocycles. The van der Waals surface area contributed by atoms with Gasteiger partial charge in [-0.15, -0.1) is 0 Å². The van der Waals surface area contributed by atoms with E-state index in [0.717, 1.165) is 42.4 Å². The number of hydrogen-bond donors (Lipinski definition) is 4. The summed E-state index contributed by atoms with van der Waals surface area (Å²) in [6, 6.07) is 8.77. The molecule has 0 fully saturated rings. The van der Waals surface area contributed by atoms with Crippen LogP contribution in [0.25, 0.3) is 0 Å². The number of carboxylic acid groups (broad SMARTS) is 2. The van der Waals surface area contributed by atoms with Gasteiger partial charge in [-0.05, 0) is 110 Å². The molecule has 4 rings (SSSR count). The summed E-state index contributed by atoms with van der Waals surface area (Å²) in [6.45, 7) is 5.99. The van der Waals surface area contributed by atoms with Gasteiger partial charge in [-0.1, -0.05) is 82.4 Å². The summed E-state index contributed by atoms with van der Waals surface area (Å²) in [7, 11) is -13.6. The number of anilines is 1. The van der Waals surface area contributed by atoms with E-state index in [9.17, 15) is 48.5 Å². The number of hydrogen-bond acceptors (Lipinski definition) is 10. The highest BCUT2D eigenvalue weighted by Gasteiger charge is 2.43. The van der Waals surface area contributed by atoms with Gasteiger partial charge in [0.1, 0.15) is 10.1 Å². The third kappa shape index (κ3) is 12.9. The highest BCUT2D eigenvalue weighted by Crippen LogP contribution is 2.51. The molecule has 14 nitrogen and oxygen atoms in total. The van der Waals surface area contributed by atoms with Gasteiger partial charge in [-0.2, -0.15) is 16.8 Å². The van der Waals surface area contributed by atoms with Crippen molar-refractivity contribution in [3.8, 4) is 0 Å². The second kappa shape index (κ2) is 20.2. The molecule has 2 atom stereocenters. The number of carboxylic acids is 2. The Balaban J connectivity index is 1.70. The van der Waals surface area contributed by atoms with Crippen molar-refractivity contribution in [3.63, 3.8) is 0 Å². The lowest BCUT2D eigenvalue weighted by molar-refractivity contribution is -0.138. The summed E-state index contributed by atoms with van der Waals surface area (Å²) < 4.78 is 104. The molecular formula is C43H56NO13S3-. The van der Waals surface area contributed by atoms with Gasteiger partial charge in [0.25, 0.3) is 20.2 Å². The number of benzene rings is 2. The maximum Gasteiger partial charge on any atom is 0.303 e. The Labute approximate surface area is 354 Å². The van der Waals surface area contributed by atoms with Crippen LogP contribution in [0.4, 0.5) is 5.69 Å². The van der Waals surface area contributed by atoms with Gasteiger partial charge in [0, 0.05) is 41.6 Å². The summed E-state index contributed by atoms with van der Waals surface area (Å²) in [5.41, 5.74) is 2.87. The monoisotopic (exact) mass is 890 g/mol. The van der Waals surface area contributed by atoms with Crippen LogP contribution in [0.2, 0.25) is 0 Å². The molecule has 2 aromatic carbocycles. The van der Waals surface area contributed by atoms with Gasteiger partial charge < -0.3 is 19.7 Å². The lowest BCUT2D eigenvalue weighted by atomic mass is 9.75. The number of carbonyl (C=O) groups is 2. The molecule has 0 aromatic heterocycles. The molecule has 1 heterocycles. The van der Waals surface area contributed by atoms with Gasteiger partial charge in [0.2, 0.25) is 0 Å². The van der Waals surface area contributed by atoms with Crippen molar-refractivity contribution < 1.29 is 58.7 Å². The third-order valence-corrected chi connectivity index (χ3v) is 14.1. The van der Waals surface area contributed by atoms with Crippen LogP contribution in [0.3, 0.4) is 0 Å². The molecule has 0 spiro atoms. The van der Waals surface area contributed by atoms with E-state index in [4.69, 9.17) is 10.2 Å². The molecule has 1 aliphatic heterocycles. The number of fused-ring (bicyclic) bond motifs is 2. The molecule has 2 aliphatic rings. The van der Waals surface area contributed by atoms with Gasteiger partial charge in [-0.3, -0.25) is 18.7 Å². The predicted molar refractivity (Wildman–Crippen MR) is 227 cm³/mol. The maximum atomic E-state index is 12.2. The van der Waals surface area contributed by atoms with Gasteiger partial charge >= 0.3 is 11.9 Å². The smallest absolute Gasteiger partial charge is 0.303 e. The molecule has 0 saturated carbocycles. The zero-order chi connectivity index (χ0) is 44.5. The molecule has 2 unspecified atom stereocenters. The Morgan fingerprint density at radius 1 is 0.783 bits per heavy atom. The Kier molecular flexibility index (Phi) is 16.3. The van der Waals surface area contributed by atoms with E-state index in [1.165, 1.54) is 24.3 Å². The largest absolute Gasteiger partial charge is 0.744 e. The number of aliphatic carboxylic acids is 2. The zero-order valence-corrected chi connectivity index (χ0v) is 36.7. The van der Waals surface area contributed by atoms with Crippen molar-refractivity contribution in [1.82, 2.24) is 0 Å². The third-order valence-electron chi connectivity index (χ3n) is 11.6. The Bertz CT molecular complexity index is 2360. The summed E-state index contributed by atoms with van der Waals surface area (Å²) in [6.07, 6.45) is 18.0. The first kappa shape index (κ1) is 48.5. The second-order valence-electron chi connectivity index (χ2n) is 16.3. The number of unbranched alkanes of at least 4 members (excludes halogenated alkanes) is 5. The fourth-order valence-electron chi connectivity index (χ4n) is 8.37. The summed E-state index contributed by atoms with van der Waals surface area (Å²) in [5, 5.41) is 18.1. The van der Waals surface area contributed by atoms with Crippen molar-refractivity contribution in [2.75, 3.05) is 17.2 Å². The van der Waals surface area contributed by atoms with Gasteiger partial charge in [0.05, 0.1) is 15.5 Å². The van der Waals surface area contributed by atoms with Crippen LogP contribution in [0.1, 0.15) is 127 Å². The molecule has 0 radical (unpaired) electrons. The highest BCUT2D eigenvalue weighted by molar-refractivity contribution is 7.86. The van der Waals surface area contributed by atoms with E-state index in [-0.39, 0.29) is 41.5 Å². The first-order valence-electron chi connectivity index (χ1n) is 20.1. The van der Waals surface area contributed by atoms with Crippen molar-refractivity contribution in [2.24, 2.45) is 0 Å². The van der Waals surface area contributed by atoms with Crippen LogP contribution >= 0.6 is 0 Å². The first-order valence-corrected chi connectivity index (χ1v) is 24.6. The van der Waals surface area contributed by atoms with E-state index in [0.29, 0.717) is 55.5 Å². The minimum absolute atomic E-state index is 0.00565. The minimum Gasteiger partial charge on any atom is -0.744 e. The average Bonchev–Trinajstić information content (AvgIpc) is 3.30. The Morgan fingerprint density at radius 3 is 2.02 bits per heavy atom. The Hall–Kier alpha value is -4.13.